The summed E-state index contributed by atoms with van der Waals surface area (Å²) in [5, 5.41) is 2.63. The minimum atomic E-state index is 0.545. The molecule has 2 heterocycles. The first-order valence-electron chi connectivity index (χ1n) is 3.53. The fourth-order valence-electron chi connectivity index (χ4n) is 0.949. The Morgan fingerprint density at radius 1 is 1.50 bits per heavy atom. The Morgan fingerprint density at radius 2 is 2.33 bits per heavy atom. The third kappa shape index (κ3) is 1.21. The number of rotatable bonds is 1. The summed E-state index contributed by atoms with van der Waals surface area (Å²) in [4.78, 5) is 4.10. The molecule has 0 saturated heterocycles. The van der Waals surface area contributed by atoms with Crippen LogP contribution in [0.2, 0.25) is 0 Å². The van der Waals surface area contributed by atoms with Gasteiger partial charge in [0.2, 0.25) is 0 Å². The molecule has 2 aromatic rings. The zero-order valence-corrected chi connectivity index (χ0v) is 7.39. The number of nitrogen functional groups attached to an aromatic ring is 1. The lowest BCUT2D eigenvalue weighted by Crippen LogP contribution is -1.82. The smallest absolute Gasteiger partial charge is 0.162 e. The van der Waals surface area contributed by atoms with Crippen molar-refractivity contribution in [1.82, 2.24) is 4.98 Å². The monoisotopic (exact) mass is 180 g/mol. The highest BCUT2D eigenvalue weighted by molar-refractivity contribution is 7.13. The summed E-state index contributed by atoms with van der Waals surface area (Å²) >= 11 is 1.49. The summed E-state index contributed by atoms with van der Waals surface area (Å²) in [6.45, 7) is 1.90. The first-order valence-corrected chi connectivity index (χ1v) is 4.41. The molecular formula is C8H8N2OS. The fourth-order valence-corrected chi connectivity index (χ4v) is 1.62. The second-order valence-corrected chi connectivity index (χ2v) is 3.35. The molecule has 0 bridgehead atoms. The highest BCUT2D eigenvalue weighted by atomic mass is 32.1. The molecule has 0 radical (unpaired) electrons. The first kappa shape index (κ1) is 7.36. The maximum Gasteiger partial charge on any atom is 0.162 e. The molecule has 12 heavy (non-hydrogen) atoms. The number of thiazole rings is 1. The molecule has 0 aromatic carbocycles. The van der Waals surface area contributed by atoms with Crippen molar-refractivity contribution in [2.45, 2.75) is 6.92 Å². The molecule has 0 spiro atoms. The van der Waals surface area contributed by atoms with Crippen molar-refractivity contribution in [2.24, 2.45) is 0 Å². The van der Waals surface area contributed by atoms with E-state index >= 15 is 0 Å². The van der Waals surface area contributed by atoms with E-state index in [1.807, 2.05) is 19.1 Å². The largest absolute Gasteiger partial charge is 0.459 e. The van der Waals surface area contributed by atoms with Crippen LogP contribution in [0, 0.1) is 6.92 Å². The van der Waals surface area contributed by atoms with Crippen LogP contribution in [0.15, 0.2) is 21.9 Å². The van der Waals surface area contributed by atoms with Gasteiger partial charge in [0.05, 0.1) is 0 Å². The molecule has 0 unspecified atom stereocenters. The zero-order valence-electron chi connectivity index (χ0n) is 6.57. The van der Waals surface area contributed by atoms with Gasteiger partial charge < -0.3 is 10.2 Å². The number of aryl methyl sites for hydroxylation is 1. The molecule has 2 aromatic heterocycles. The van der Waals surface area contributed by atoms with Gasteiger partial charge in [-0.1, -0.05) is 0 Å². The van der Waals surface area contributed by atoms with Gasteiger partial charge in [0.15, 0.2) is 10.8 Å². The molecular weight excluding hydrogens is 172 g/mol. The average Bonchev–Trinajstić information content (AvgIpc) is 2.58. The highest BCUT2D eigenvalue weighted by Gasteiger charge is 2.05. The van der Waals surface area contributed by atoms with Gasteiger partial charge in [0.1, 0.15) is 11.6 Å². The number of hydrogen-bond acceptors (Lipinski definition) is 4. The molecule has 4 heteroatoms. The number of furan rings is 1. The molecule has 0 saturated carbocycles. The molecule has 0 fully saturated rings. The Morgan fingerprint density at radius 3 is 2.83 bits per heavy atom. The Kier molecular flexibility index (Phi) is 1.62. The van der Waals surface area contributed by atoms with E-state index in [4.69, 9.17) is 10.2 Å². The van der Waals surface area contributed by atoms with E-state index in [1.54, 1.807) is 5.38 Å². The third-order valence-corrected chi connectivity index (χ3v) is 2.35. The maximum atomic E-state index is 5.48. The molecule has 2 N–H and O–H groups in total. The quantitative estimate of drug-likeness (QED) is 0.732. The van der Waals surface area contributed by atoms with E-state index < -0.39 is 0 Å². The van der Waals surface area contributed by atoms with Crippen LogP contribution < -0.4 is 5.73 Å². The van der Waals surface area contributed by atoms with Gasteiger partial charge >= 0.3 is 0 Å². The second-order valence-electron chi connectivity index (χ2n) is 2.49. The van der Waals surface area contributed by atoms with Crippen molar-refractivity contribution >= 4 is 17.2 Å². The van der Waals surface area contributed by atoms with Crippen LogP contribution in [0.4, 0.5) is 5.82 Å². The van der Waals surface area contributed by atoms with Crippen molar-refractivity contribution < 1.29 is 4.42 Å². The maximum absolute atomic E-state index is 5.48. The van der Waals surface area contributed by atoms with Crippen molar-refractivity contribution in [2.75, 3.05) is 5.73 Å². The lowest BCUT2D eigenvalue weighted by Gasteiger charge is -1.86. The zero-order chi connectivity index (χ0) is 8.55. The summed E-state index contributed by atoms with van der Waals surface area (Å²) in [5.74, 6) is 2.22. The molecule has 0 aliphatic rings. The fraction of sp³-hybridized carbons (Fsp3) is 0.125. The van der Waals surface area contributed by atoms with Gasteiger partial charge in [-0.25, -0.2) is 4.98 Å². The Balaban J connectivity index is 2.43. The predicted octanol–water partition coefficient (Wildman–Crippen LogP) is 2.29. The molecule has 2 rings (SSSR count). The van der Waals surface area contributed by atoms with Gasteiger partial charge in [0, 0.05) is 5.38 Å². The topological polar surface area (TPSA) is 52.0 Å². The average molecular weight is 180 g/mol. The van der Waals surface area contributed by atoms with Crippen LogP contribution in [0.25, 0.3) is 10.8 Å². The highest BCUT2D eigenvalue weighted by Crippen LogP contribution is 2.25. The third-order valence-electron chi connectivity index (χ3n) is 1.47. The number of anilines is 1. The predicted molar refractivity (Wildman–Crippen MR) is 49.0 cm³/mol. The molecule has 0 aliphatic heterocycles. The van der Waals surface area contributed by atoms with E-state index in [9.17, 15) is 0 Å². The molecule has 0 amide bonds. The molecule has 62 valence electrons. The van der Waals surface area contributed by atoms with Crippen LogP contribution in [-0.4, -0.2) is 4.98 Å². The van der Waals surface area contributed by atoms with Gasteiger partial charge in [-0.3, -0.25) is 0 Å². The van der Waals surface area contributed by atoms with E-state index in [1.165, 1.54) is 11.3 Å². The summed E-state index contributed by atoms with van der Waals surface area (Å²) in [6.07, 6.45) is 0. The van der Waals surface area contributed by atoms with Crippen LogP contribution in [0.5, 0.6) is 0 Å². The van der Waals surface area contributed by atoms with Crippen LogP contribution >= 0.6 is 11.3 Å². The van der Waals surface area contributed by atoms with E-state index in [0.29, 0.717) is 5.82 Å². The lowest BCUT2D eigenvalue weighted by molar-refractivity contribution is 0.548. The Hall–Kier alpha value is -1.29. The van der Waals surface area contributed by atoms with Crippen molar-refractivity contribution in [3.05, 3.63) is 23.3 Å². The SMILES string of the molecule is Cc1ccc(-c2nc(N)cs2)o1. The van der Waals surface area contributed by atoms with Crippen LogP contribution in [-0.2, 0) is 0 Å². The normalized spacial score (nSPS) is 10.4. The Bertz CT molecular complexity index is 353. The van der Waals surface area contributed by atoms with Crippen molar-refractivity contribution in [3.63, 3.8) is 0 Å². The van der Waals surface area contributed by atoms with Crippen molar-refractivity contribution in [3.8, 4) is 10.8 Å². The summed E-state index contributed by atoms with van der Waals surface area (Å²) in [6, 6.07) is 3.81. The van der Waals surface area contributed by atoms with Gasteiger partial charge in [0.25, 0.3) is 0 Å². The lowest BCUT2D eigenvalue weighted by atomic mass is 10.4. The van der Waals surface area contributed by atoms with Gasteiger partial charge in [-0.15, -0.1) is 11.3 Å². The molecule has 3 nitrogen and oxygen atoms in total. The molecule has 0 aliphatic carbocycles. The summed E-state index contributed by atoms with van der Waals surface area (Å²) < 4.78 is 5.38. The second kappa shape index (κ2) is 2.64. The summed E-state index contributed by atoms with van der Waals surface area (Å²) in [7, 11) is 0. The van der Waals surface area contributed by atoms with Gasteiger partial charge in [-0.2, -0.15) is 0 Å². The van der Waals surface area contributed by atoms with Crippen molar-refractivity contribution in [1.29, 1.82) is 0 Å². The van der Waals surface area contributed by atoms with Crippen LogP contribution in [0.3, 0.4) is 0 Å². The number of nitrogens with two attached hydrogens (primary N) is 1. The van der Waals surface area contributed by atoms with Crippen LogP contribution in [0.1, 0.15) is 5.76 Å². The minimum absolute atomic E-state index is 0.545. The first-order chi connectivity index (χ1) is 5.75. The van der Waals surface area contributed by atoms with Gasteiger partial charge in [-0.05, 0) is 19.1 Å². The van der Waals surface area contributed by atoms with E-state index in [2.05, 4.69) is 4.98 Å². The number of aromatic nitrogens is 1. The van der Waals surface area contributed by atoms with E-state index in [-0.39, 0.29) is 0 Å². The number of nitrogens with zero attached hydrogens (tertiary/aromatic N) is 1. The van der Waals surface area contributed by atoms with E-state index in [0.717, 1.165) is 16.5 Å². The summed E-state index contributed by atoms with van der Waals surface area (Å²) in [5.41, 5.74) is 5.48. The Labute approximate surface area is 73.8 Å². The molecule has 0 atom stereocenters. The standard InChI is InChI=1S/C8H8N2OS/c1-5-2-3-6(11-5)8-10-7(9)4-12-8/h2-4H,9H2,1H3. The minimum Gasteiger partial charge on any atom is -0.459 e. The number of hydrogen-bond donors (Lipinski definition) is 1.